The van der Waals surface area contributed by atoms with E-state index in [0.717, 1.165) is 26.0 Å². The maximum atomic E-state index is 10.9. The predicted octanol–water partition coefficient (Wildman–Crippen LogP) is 0.436. The normalized spacial score (nSPS) is 27.1. The Bertz CT molecular complexity index is 276. The number of hydrogen-bond acceptors (Lipinski definition) is 4. The fourth-order valence-electron chi connectivity index (χ4n) is 1.92. The van der Waals surface area contributed by atoms with Gasteiger partial charge in [0.05, 0.1) is 11.9 Å². The molecule has 1 N–H and O–H groups in total. The van der Waals surface area contributed by atoms with Gasteiger partial charge < -0.3 is 10.1 Å². The van der Waals surface area contributed by atoms with Gasteiger partial charge >= 0.3 is 0 Å². The molecule has 0 aliphatic carbocycles. The van der Waals surface area contributed by atoms with E-state index in [1.54, 1.807) is 0 Å². The third-order valence-corrected chi connectivity index (χ3v) is 3.75. The van der Waals surface area contributed by atoms with Gasteiger partial charge in [-0.25, -0.2) is 8.42 Å². The summed E-state index contributed by atoms with van der Waals surface area (Å²) in [5, 5.41) is 3.19. The van der Waals surface area contributed by atoms with E-state index < -0.39 is 9.84 Å². The van der Waals surface area contributed by atoms with Gasteiger partial charge in [-0.3, -0.25) is 0 Å². The zero-order valence-electron chi connectivity index (χ0n) is 9.53. The maximum absolute atomic E-state index is 10.9. The van der Waals surface area contributed by atoms with Crippen LogP contribution in [-0.4, -0.2) is 46.2 Å². The Morgan fingerprint density at radius 3 is 2.80 bits per heavy atom. The van der Waals surface area contributed by atoms with E-state index in [0.29, 0.717) is 18.6 Å². The van der Waals surface area contributed by atoms with Crippen molar-refractivity contribution < 1.29 is 13.2 Å². The molecule has 2 atom stereocenters. The second kappa shape index (κ2) is 5.82. The first-order chi connectivity index (χ1) is 7.03. The third-order valence-electron chi connectivity index (χ3n) is 2.80. The molecule has 0 aromatic carbocycles. The molecule has 0 spiro atoms. The zero-order chi connectivity index (χ0) is 11.3. The van der Waals surface area contributed by atoms with Crippen LogP contribution in [0.5, 0.6) is 0 Å². The number of hydrogen-bond donors (Lipinski definition) is 1. The van der Waals surface area contributed by atoms with Gasteiger partial charge in [-0.1, -0.05) is 6.92 Å². The molecule has 0 aromatic heterocycles. The van der Waals surface area contributed by atoms with E-state index in [1.807, 2.05) is 0 Å². The molecule has 0 bridgehead atoms. The molecular weight excluding hydrogens is 214 g/mol. The highest BCUT2D eigenvalue weighted by atomic mass is 32.2. The van der Waals surface area contributed by atoms with Gasteiger partial charge in [0.1, 0.15) is 9.84 Å². The first-order valence-electron chi connectivity index (χ1n) is 5.53. The second-order valence-corrected chi connectivity index (χ2v) is 6.46. The van der Waals surface area contributed by atoms with E-state index in [-0.39, 0.29) is 5.75 Å². The van der Waals surface area contributed by atoms with Crippen LogP contribution in [0, 0.1) is 5.92 Å². The predicted molar refractivity (Wildman–Crippen MR) is 60.7 cm³/mol. The topological polar surface area (TPSA) is 55.4 Å². The molecule has 0 aromatic rings. The number of rotatable bonds is 6. The van der Waals surface area contributed by atoms with Crippen molar-refractivity contribution in [2.75, 3.05) is 31.7 Å². The highest BCUT2D eigenvalue weighted by Crippen LogP contribution is 2.22. The summed E-state index contributed by atoms with van der Waals surface area (Å²) in [6.45, 7) is 4.39. The summed E-state index contributed by atoms with van der Waals surface area (Å²) in [5.41, 5.74) is 0. The molecular formula is C10H21NO3S. The standard InChI is InChI=1S/C10H21NO3S/c1-3-10-9(4-6-14-10)8-11-5-7-15(2,12)13/h9-11H,3-8H2,1-2H3. The van der Waals surface area contributed by atoms with Crippen molar-refractivity contribution in [3.8, 4) is 0 Å². The van der Waals surface area contributed by atoms with Crippen molar-refractivity contribution in [3.05, 3.63) is 0 Å². The average Bonchev–Trinajstić information content (AvgIpc) is 2.58. The third kappa shape index (κ3) is 4.95. The molecule has 1 fully saturated rings. The molecule has 0 saturated carbocycles. The fraction of sp³-hybridized carbons (Fsp3) is 1.00. The Balaban J connectivity index is 2.15. The summed E-state index contributed by atoms with van der Waals surface area (Å²) in [5.74, 6) is 0.770. The van der Waals surface area contributed by atoms with Gasteiger partial charge in [-0.15, -0.1) is 0 Å². The summed E-state index contributed by atoms with van der Waals surface area (Å²) in [4.78, 5) is 0. The summed E-state index contributed by atoms with van der Waals surface area (Å²) >= 11 is 0. The van der Waals surface area contributed by atoms with Crippen LogP contribution in [-0.2, 0) is 14.6 Å². The monoisotopic (exact) mass is 235 g/mol. The quantitative estimate of drug-likeness (QED) is 0.679. The van der Waals surface area contributed by atoms with E-state index in [4.69, 9.17) is 4.74 Å². The lowest BCUT2D eigenvalue weighted by Crippen LogP contribution is -2.31. The molecule has 1 aliphatic rings. The van der Waals surface area contributed by atoms with Crippen molar-refractivity contribution in [1.82, 2.24) is 5.32 Å². The van der Waals surface area contributed by atoms with E-state index in [2.05, 4.69) is 12.2 Å². The summed E-state index contributed by atoms with van der Waals surface area (Å²) in [6.07, 6.45) is 3.75. The van der Waals surface area contributed by atoms with Crippen LogP contribution in [0.25, 0.3) is 0 Å². The van der Waals surface area contributed by atoms with Crippen molar-refractivity contribution in [2.24, 2.45) is 5.92 Å². The highest BCUT2D eigenvalue weighted by Gasteiger charge is 2.25. The lowest BCUT2D eigenvalue weighted by Gasteiger charge is -2.16. The van der Waals surface area contributed by atoms with Crippen LogP contribution >= 0.6 is 0 Å². The van der Waals surface area contributed by atoms with Gasteiger partial charge in [-0.2, -0.15) is 0 Å². The van der Waals surface area contributed by atoms with Crippen LogP contribution in [0.4, 0.5) is 0 Å². The molecule has 1 aliphatic heterocycles. The largest absolute Gasteiger partial charge is 0.378 e. The minimum Gasteiger partial charge on any atom is -0.378 e. The van der Waals surface area contributed by atoms with E-state index >= 15 is 0 Å². The molecule has 2 unspecified atom stereocenters. The Labute approximate surface area is 92.3 Å². The molecule has 0 amide bonds. The van der Waals surface area contributed by atoms with Gasteiger partial charge in [0.25, 0.3) is 0 Å². The first kappa shape index (κ1) is 12.9. The van der Waals surface area contributed by atoms with Crippen molar-refractivity contribution in [3.63, 3.8) is 0 Å². The van der Waals surface area contributed by atoms with E-state index in [1.165, 1.54) is 6.26 Å². The van der Waals surface area contributed by atoms with Crippen LogP contribution < -0.4 is 5.32 Å². The minimum atomic E-state index is -2.83. The molecule has 4 nitrogen and oxygen atoms in total. The second-order valence-electron chi connectivity index (χ2n) is 4.20. The smallest absolute Gasteiger partial charge is 0.148 e. The van der Waals surface area contributed by atoms with Crippen molar-refractivity contribution in [1.29, 1.82) is 0 Å². The Kier molecular flexibility index (Phi) is 5.02. The van der Waals surface area contributed by atoms with Gasteiger partial charge in [0, 0.05) is 26.0 Å². The van der Waals surface area contributed by atoms with Crippen LogP contribution in [0.15, 0.2) is 0 Å². The lowest BCUT2D eigenvalue weighted by atomic mass is 10.00. The summed E-state index contributed by atoms with van der Waals surface area (Å²) in [7, 11) is -2.83. The molecule has 1 saturated heterocycles. The molecule has 1 heterocycles. The van der Waals surface area contributed by atoms with E-state index in [9.17, 15) is 8.42 Å². The number of nitrogens with one attached hydrogen (secondary N) is 1. The zero-order valence-corrected chi connectivity index (χ0v) is 10.3. The summed E-state index contributed by atoms with van der Waals surface area (Å²) in [6, 6.07) is 0. The Morgan fingerprint density at radius 2 is 2.20 bits per heavy atom. The minimum absolute atomic E-state index is 0.220. The molecule has 1 rings (SSSR count). The van der Waals surface area contributed by atoms with Gasteiger partial charge in [-0.05, 0) is 18.8 Å². The summed E-state index contributed by atoms with van der Waals surface area (Å²) < 4.78 is 27.3. The molecule has 90 valence electrons. The Morgan fingerprint density at radius 1 is 1.47 bits per heavy atom. The number of sulfone groups is 1. The van der Waals surface area contributed by atoms with Crippen LogP contribution in [0.3, 0.4) is 0 Å². The van der Waals surface area contributed by atoms with Gasteiger partial charge in [0.15, 0.2) is 0 Å². The molecule has 0 radical (unpaired) electrons. The lowest BCUT2D eigenvalue weighted by molar-refractivity contribution is 0.0874. The number of ether oxygens (including phenoxy) is 1. The molecule has 5 heteroatoms. The Hall–Kier alpha value is -0.130. The SMILES string of the molecule is CCC1OCCC1CNCCS(C)(=O)=O. The maximum Gasteiger partial charge on any atom is 0.148 e. The van der Waals surface area contributed by atoms with Crippen LogP contribution in [0.1, 0.15) is 19.8 Å². The fourth-order valence-corrected chi connectivity index (χ4v) is 2.44. The first-order valence-corrected chi connectivity index (χ1v) is 7.59. The highest BCUT2D eigenvalue weighted by molar-refractivity contribution is 7.90. The molecule has 15 heavy (non-hydrogen) atoms. The van der Waals surface area contributed by atoms with Gasteiger partial charge in [0.2, 0.25) is 0 Å². The van der Waals surface area contributed by atoms with Crippen LogP contribution in [0.2, 0.25) is 0 Å². The van der Waals surface area contributed by atoms with Crippen molar-refractivity contribution in [2.45, 2.75) is 25.9 Å². The average molecular weight is 235 g/mol. The van der Waals surface area contributed by atoms with Crippen molar-refractivity contribution >= 4 is 9.84 Å².